The molecule has 0 aliphatic rings. The lowest BCUT2D eigenvalue weighted by molar-refractivity contribution is -0.120. The van der Waals surface area contributed by atoms with Crippen molar-refractivity contribution in [2.24, 2.45) is 0 Å². The summed E-state index contributed by atoms with van der Waals surface area (Å²) in [5.74, 6) is 3.15. The van der Waals surface area contributed by atoms with Crippen LogP contribution in [0, 0.1) is 6.92 Å². The summed E-state index contributed by atoms with van der Waals surface area (Å²) in [7, 11) is 1.69. The van der Waals surface area contributed by atoms with Crippen molar-refractivity contribution < 1.29 is 9.53 Å². The highest BCUT2D eigenvalue weighted by Crippen LogP contribution is 2.28. The number of anilines is 1. The Bertz CT molecular complexity index is 944. The van der Waals surface area contributed by atoms with E-state index in [9.17, 15) is 4.79 Å². The van der Waals surface area contributed by atoms with Crippen LogP contribution in [0.2, 0.25) is 0 Å². The van der Waals surface area contributed by atoms with Crippen molar-refractivity contribution in [3.8, 4) is 5.75 Å². The predicted octanol–water partition coefficient (Wildman–Crippen LogP) is 5.99. The Kier molecular flexibility index (Phi) is 9.51. The molecule has 1 amide bonds. The van der Waals surface area contributed by atoms with Gasteiger partial charge >= 0.3 is 0 Å². The first-order valence-electron chi connectivity index (χ1n) is 11.0. The third-order valence-electron chi connectivity index (χ3n) is 5.39. The van der Waals surface area contributed by atoms with Crippen LogP contribution in [0.15, 0.2) is 78.9 Å². The standard InChI is InChI=1S/C27H32N2O2S/c1-21-8-12-25(13-9-21)28-29-27(30)17-19-32-18-16-24(20-22-6-4-3-5-7-22)23-10-14-26(31-2)15-11-23/h3-15,24,28H,16-20H2,1-2H3,(H,29,30)/t24-/m0/s1. The zero-order valence-electron chi connectivity index (χ0n) is 18.8. The maximum absolute atomic E-state index is 12.1. The number of benzene rings is 3. The Morgan fingerprint density at radius 3 is 2.34 bits per heavy atom. The van der Waals surface area contributed by atoms with Crippen molar-refractivity contribution in [3.63, 3.8) is 0 Å². The molecular weight excluding hydrogens is 416 g/mol. The molecule has 0 aliphatic carbocycles. The van der Waals surface area contributed by atoms with Gasteiger partial charge < -0.3 is 4.74 Å². The number of carbonyl (C=O) groups is 1. The number of ether oxygens (including phenoxy) is 1. The maximum Gasteiger partial charge on any atom is 0.239 e. The average Bonchev–Trinajstić information content (AvgIpc) is 2.83. The number of amides is 1. The van der Waals surface area contributed by atoms with Gasteiger partial charge in [-0.3, -0.25) is 15.6 Å². The number of rotatable bonds is 12. The van der Waals surface area contributed by atoms with Gasteiger partial charge in [0.15, 0.2) is 0 Å². The molecule has 5 heteroatoms. The van der Waals surface area contributed by atoms with Crippen molar-refractivity contribution in [1.82, 2.24) is 5.43 Å². The first kappa shape index (κ1) is 23.7. The molecule has 0 radical (unpaired) electrons. The van der Waals surface area contributed by atoms with E-state index in [-0.39, 0.29) is 5.91 Å². The van der Waals surface area contributed by atoms with Gasteiger partial charge in [-0.25, -0.2) is 0 Å². The fourth-order valence-electron chi connectivity index (χ4n) is 3.50. The number of aryl methyl sites for hydroxylation is 1. The zero-order valence-corrected chi connectivity index (χ0v) is 19.7. The number of nitrogens with one attached hydrogen (secondary N) is 2. The maximum atomic E-state index is 12.1. The Morgan fingerprint density at radius 1 is 0.938 bits per heavy atom. The quantitative estimate of drug-likeness (QED) is 0.264. The van der Waals surface area contributed by atoms with E-state index in [1.807, 2.05) is 55.1 Å². The molecule has 168 valence electrons. The van der Waals surface area contributed by atoms with Crippen LogP contribution in [-0.4, -0.2) is 24.5 Å². The number of hydrogen-bond donors (Lipinski definition) is 2. The smallest absolute Gasteiger partial charge is 0.239 e. The Hall–Kier alpha value is -2.92. The van der Waals surface area contributed by atoms with Crippen molar-refractivity contribution in [2.75, 3.05) is 24.0 Å². The molecule has 32 heavy (non-hydrogen) atoms. The van der Waals surface area contributed by atoms with Crippen molar-refractivity contribution >= 4 is 23.4 Å². The molecule has 0 fully saturated rings. The number of thioether (sulfide) groups is 1. The summed E-state index contributed by atoms with van der Waals surface area (Å²) in [5, 5.41) is 0. The molecule has 1 atom stereocenters. The second-order valence-electron chi connectivity index (χ2n) is 7.85. The van der Waals surface area contributed by atoms with E-state index >= 15 is 0 Å². The fraction of sp³-hybridized carbons (Fsp3) is 0.296. The number of hydrogen-bond acceptors (Lipinski definition) is 4. The summed E-state index contributed by atoms with van der Waals surface area (Å²) in [4.78, 5) is 12.1. The predicted molar refractivity (Wildman–Crippen MR) is 135 cm³/mol. The van der Waals surface area contributed by atoms with Gasteiger partial charge in [-0.15, -0.1) is 0 Å². The molecule has 0 aliphatic heterocycles. The highest BCUT2D eigenvalue weighted by atomic mass is 32.2. The minimum absolute atomic E-state index is 0.00839. The minimum Gasteiger partial charge on any atom is -0.497 e. The largest absolute Gasteiger partial charge is 0.497 e. The van der Waals surface area contributed by atoms with E-state index in [1.165, 1.54) is 16.7 Å². The van der Waals surface area contributed by atoms with Crippen LogP contribution in [0.3, 0.4) is 0 Å². The molecule has 0 bridgehead atoms. The summed E-state index contributed by atoms with van der Waals surface area (Å²) in [5.41, 5.74) is 10.5. The monoisotopic (exact) mass is 448 g/mol. The van der Waals surface area contributed by atoms with Gasteiger partial charge in [-0.2, -0.15) is 11.8 Å². The summed E-state index contributed by atoms with van der Waals surface area (Å²) in [6.45, 7) is 2.04. The molecule has 4 nitrogen and oxygen atoms in total. The fourth-order valence-corrected chi connectivity index (χ4v) is 4.48. The zero-order chi connectivity index (χ0) is 22.6. The van der Waals surface area contributed by atoms with Crippen molar-refractivity contribution in [3.05, 3.63) is 95.6 Å². The van der Waals surface area contributed by atoms with Gasteiger partial charge in [0.25, 0.3) is 0 Å². The van der Waals surface area contributed by atoms with E-state index in [4.69, 9.17) is 4.74 Å². The molecule has 0 heterocycles. The van der Waals surface area contributed by atoms with Crippen LogP contribution in [0.5, 0.6) is 5.75 Å². The molecule has 0 saturated heterocycles. The minimum atomic E-state index is 0.00839. The van der Waals surface area contributed by atoms with Crippen LogP contribution in [0.4, 0.5) is 5.69 Å². The molecule has 0 unspecified atom stereocenters. The molecule has 2 N–H and O–H groups in total. The third kappa shape index (κ3) is 7.97. The Labute approximate surface area is 195 Å². The molecular formula is C27H32N2O2S. The van der Waals surface area contributed by atoms with E-state index < -0.39 is 0 Å². The number of carbonyl (C=O) groups excluding carboxylic acids is 1. The van der Waals surface area contributed by atoms with Crippen LogP contribution in [-0.2, 0) is 11.2 Å². The van der Waals surface area contributed by atoms with Gasteiger partial charge in [0.05, 0.1) is 12.8 Å². The van der Waals surface area contributed by atoms with E-state index in [1.54, 1.807) is 7.11 Å². The number of methoxy groups -OCH3 is 1. The second-order valence-corrected chi connectivity index (χ2v) is 9.07. The van der Waals surface area contributed by atoms with Crippen LogP contribution < -0.4 is 15.6 Å². The van der Waals surface area contributed by atoms with E-state index in [0.29, 0.717) is 12.3 Å². The third-order valence-corrected chi connectivity index (χ3v) is 6.41. The van der Waals surface area contributed by atoms with E-state index in [2.05, 4.69) is 53.3 Å². The first-order chi connectivity index (χ1) is 15.6. The Morgan fingerprint density at radius 2 is 1.66 bits per heavy atom. The van der Waals surface area contributed by atoms with Crippen LogP contribution in [0.1, 0.15) is 35.4 Å². The average molecular weight is 449 g/mol. The van der Waals surface area contributed by atoms with Gasteiger partial charge in [0.1, 0.15) is 5.75 Å². The van der Waals surface area contributed by atoms with Crippen LogP contribution >= 0.6 is 11.8 Å². The lowest BCUT2D eigenvalue weighted by Gasteiger charge is -2.18. The van der Waals surface area contributed by atoms with Gasteiger partial charge in [0.2, 0.25) is 5.91 Å². The summed E-state index contributed by atoms with van der Waals surface area (Å²) < 4.78 is 5.31. The molecule has 0 aromatic heterocycles. The topological polar surface area (TPSA) is 50.4 Å². The lowest BCUT2D eigenvalue weighted by Crippen LogP contribution is -2.29. The summed E-state index contributed by atoms with van der Waals surface area (Å²) in [6, 6.07) is 27.0. The molecule has 3 aromatic carbocycles. The molecule has 3 rings (SSSR count). The SMILES string of the molecule is COc1ccc([C@@H](CCSCCC(=O)NNc2ccc(C)cc2)Cc2ccccc2)cc1. The summed E-state index contributed by atoms with van der Waals surface area (Å²) in [6.07, 6.45) is 2.57. The molecule has 0 spiro atoms. The molecule has 0 saturated carbocycles. The summed E-state index contributed by atoms with van der Waals surface area (Å²) >= 11 is 1.83. The van der Waals surface area contributed by atoms with Gasteiger partial charge in [-0.05, 0) is 66.8 Å². The van der Waals surface area contributed by atoms with Crippen molar-refractivity contribution in [1.29, 1.82) is 0 Å². The first-order valence-corrected chi connectivity index (χ1v) is 12.2. The Balaban J connectivity index is 1.43. The highest BCUT2D eigenvalue weighted by molar-refractivity contribution is 7.99. The molecule has 3 aromatic rings. The normalized spacial score (nSPS) is 11.6. The van der Waals surface area contributed by atoms with E-state index in [0.717, 1.165) is 35.8 Å². The lowest BCUT2D eigenvalue weighted by atomic mass is 9.90. The number of hydrazine groups is 1. The van der Waals surface area contributed by atoms with Gasteiger partial charge in [0, 0.05) is 12.2 Å². The van der Waals surface area contributed by atoms with Crippen LogP contribution in [0.25, 0.3) is 0 Å². The second kappa shape index (κ2) is 12.8. The van der Waals surface area contributed by atoms with Crippen molar-refractivity contribution in [2.45, 2.75) is 32.1 Å². The highest BCUT2D eigenvalue weighted by Gasteiger charge is 2.13. The van der Waals surface area contributed by atoms with Gasteiger partial charge in [-0.1, -0.05) is 60.2 Å².